The molecule has 0 aliphatic heterocycles. The van der Waals surface area contributed by atoms with Crippen molar-refractivity contribution >= 4 is 28.3 Å². The highest BCUT2D eigenvalue weighted by Crippen LogP contribution is 2.19. The van der Waals surface area contributed by atoms with E-state index in [1.54, 1.807) is 45.3 Å². The summed E-state index contributed by atoms with van der Waals surface area (Å²) in [6, 6.07) is 16.1. The van der Waals surface area contributed by atoms with Gasteiger partial charge in [0, 0.05) is 35.6 Å². The van der Waals surface area contributed by atoms with Gasteiger partial charge < -0.3 is 15.4 Å². The number of hydrogen-bond acceptors (Lipinski definition) is 5. The summed E-state index contributed by atoms with van der Waals surface area (Å²) in [7, 11) is 0. The van der Waals surface area contributed by atoms with E-state index in [2.05, 4.69) is 15.6 Å². The Bertz CT molecular complexity index is 997. The molecule has 0 radical (unpaired) electrons. The van der Waals surface area contributed by atoms with E-state index in [0.29, 0.717) is 5.56 Å². The van der Waals surface area contributed by atoms with Gasteiger partial charge in [-0.05, 0) is 44.4 Å². The topological polar surface area (TPSA) is 80.3 Å². The molecule has 0 fully saturated rings. The van der Waals surface area contributed by atoms with Crippen LogP contribution < -0.4 is 10.6 Å². The quantitative estimate of drug-likeness (QED) is 0.608. The molecule has 2 aromatic carbocycles. The lowest BCUT2D eigenvalue weighted by atomic mass is 10.0. The Morgan fingerprint density at radius 1 is 1.03 bits per heavy atom. The number of ketones is 1. The van der Waals surface area contributed by atoms with Crippen LogP contribution in [0.3, 0.4) is 0 Å². The molecule has 0 saturated heterocycles. The number of alkyl carbamates (subject to hydrolysis) is 1. The summed E-state index contributed by atoms with van der Waals surface area (Å²) >= 11 is 0. The zero-order valence-electron chi connectivity index (χ0n) is 16.8. The van der Waals surface area contributed by atoms with Gasteiger partial charge in [-0.25, -0.2) is 4.79 Å². The van der Waals surface area contributed by atoms with Crippen molar-refractivity contribution in [3.05, 3.63) is 72.6 Å². The molecule has 1 unspecified atom stereocenters. The Balaban J connectivity index is 1.79. The highest BCUT2D eigenvalue weighted by molar-refractivity contribution is 6.02. The van der Waals surface area contributed by atoms with Gasteiger partial charge in [-0.1, -0.05) is 36.4 Å². The maximum Gasteiger partial charge on any atom is 0.407 e. The first kappa shape index (κ1) is 20.3. The highest BCUT2D eigenvalue weighted by atomic mass is 16.6. The summed E-state index contributed by atoms with van der Waals surface area (Å²) in [5.74, 6) is -0.114. The molecule has 0 bridgehead atoms. The molecular formula is C23H25N3O3. The van der Waals surface area contributed by atoms with E-state index in [1.807, 2.05) is 42.5 Å². The van der Waals surface area contributed by atoms with Crippen molar-refractivity contribution in [3.63, 3.8) is 0 Å². The first-order chi connectivity index (χ1) is 13.8. The van der Waals surface area contributed by atoms with E-state index >= 15 is 0 Å². The molecule has 6 heteroatoms. The van der Waals surface area contributed by atoms with Crippen LogP contribution in [0, 0.1) is 0 Å². The van der Waals surface area contributed by atoms with Gasteiger partial charge in [0.05, 0.1) is 0 Å². The molecular weight excluding hydrogens is 366 g/mol. The van der Waals surface area contributed by atoms with Crippen LogP contribution in [-0.2, 0) is 4.74 Å². The lowest BCUT2D eigenvalue weighted by Crippen LogP contribution is -2.43. The lowest BCUT2D eigenvalue weighted by molar-refractivity contribution is 0.0525. The number of hydrogen-bond donors (Lipinski definition) is 2. The van der Waals surface area contributed by atoms with E-state index in [0.717, 1.165) is 16.5 Å². The fraction of sp³-hybridized carbons (Fsp3) is 0.261. The maximum atomic E-state index is 13.0. The molecule has 0 spiro atoms. The van der Waals surface area contributed by atoms with Gasteiger partial charge in [0.2, 0.25) is 0 Å². The van der Waals surface area contributed by atoms with Crippen LogP contribution in [0.5, 0.6) is 0 Å². The minimum absolute atomic E-state index is 0.0943. The first-order valence-electron chi connectivity index (χ1n) is 9.48. The van der Waals surface area contributed by atoms with Crippen LogP contribution in [0.1, 0.15) is 31.1 Å². The van der Waals surface area contributed by atoms with Crippen molar-refractivity contribution in [1.82, 2.24) is 10.3 Å². The molecule has 0 aliphatic carbocycles. The summed E-state index contributed by atoms with van der Waals surface area (Å²) in [5.41, 5.74) is 0.743. The van der Waals surface area contributed by atoms with Crippen molar-refractivity contribution in [2.45, 2.75) is 32.4 Å². The maximum absolute atomic E-state index is 13.0. The van der Waals surface area contributed by atoms with Crippen LogP contribution >= 0.6 is 0 Å². The van der Waals surface area contributed by atoms with Crippen molar-refractivity contribution in [3.8, 4) is 0 Å². The molecule has 1 atom stereocenters. The van der Waals surface area contributed by atoms with Gasteiger partial charge in [0.15, 0.2) is 5.78 Å². The van der Waals surface area contributed by atoms with Crippen LogP contribution in [0.4, 0.5) is 10.5 Å². The number of carbonyl (C=O) groups excluding carboxylic acids is 2. The minimum atomic E-state index is -0.649. The average Bonchev–Trinajstić information content (AvgIpc) is 2.70. The Hall–Kier alpha value is -3.41. The number of anilines is 1. The van der Waals surface area contributed by atoms with E-state index in [4.69, 9.17) is 4.74 Å². The molecule has 3 aromatic rings. The predicted molar refractivity (Wildman–Crippen MR) is 114 cm³/mol. The number of amides is 1. The average molecular weight is 391 g/mol. The predicted octanol–water partition coefficient (Wildman–Crippen LogP) is 4.42. The summed E-state index contributed by atoms with van der Waals surface area (Å²) in [6.07, 6.45) is 2.95. The Morgan fingerprint density at radius 2 is 1.79 bits per heavy atom. The second-order valence-electron chi connectivity index (χ2n) is 7.75. The number of nitrogens with zero attached hydrogens (tertiary/aromatic N) is 1. The third-order valence-electron chi connectivity index (χ3n) is 4.21. The van der Waals surface area contributed by atoms with Crippen molar-refractivity contribution < 1.29 is 14.3 Å². The number of ether oxygens (including phenoxy) is 1. The molecule has 0 saturated carbocycles. The minimum Gasteiger partial charge on any atom is -0.444 e. The van der Waals surface area contributed by atoms with E-state index in [9.17, 15) is 9.59 Å². The van der Waals surface area contributed by atoms with Gasteiger partial charge in [0.25, 0.3) is 0 Å². The van der Waals surface area contributed by atoms with E-state index in [1.165, 1.54) is 0 Å². The van der Waals surface area contributed by atoms with Gasteiger partial charge >= 0.3 is 6.09 Å². The Kier molecular flexibility index (Phi) is 6.12. The second-order valence-corrected chi connectivity index (χ2v) is 7.75. The van der Waals surface area contributed by atoms with Gasteiger partial charge in [-0.15, -0.1) is 0 Å². The summed E-state index contributed by atoms with van der Waals surface area (Å²) in [6.45, 7) is 5.47. The van der Waals surface area contributed by atoms with Crippen LogP contribution in [0.15, 0.2) is 67.0 Å². The highest BCUT2D eigenvalue weighted by Gasteiger charge is 2.23. The normalized spacial score (nSPS) is 12.2. The fourth-order valence-electron chi connectivity index (χ4n) is 2.89. The number of carbonyl (C=O) groups is 2. The van der Waals surface area contributed by atoms with Gasteiger partial charge in [0.1, 0.15) is 11.6 Å². The number of nitrogens with one attached hydrogen (secondary N) is 2. The standard InChI is InChI=1S/C23H25N3O3/c1-23(2,3)29-22(28)25-15-20(21(27)16-7-5-4-6-8-16)26-19-10-9-18-14-24-12-11-17(18)13-19/h4-14,20,26H,15H2,1-3H3,(H,25,28). The summed E-state index contributed by atoms with van der Waals surface area (Å²) < 4.78 is 5.29. The third kappa shape index (κ3) is 5.78. The molecule has 29 heavy (non-hydrogen) atoms. The van der Waals surface area contributed by atoms with E-state index in [-0.39, 0.29) is 12.3 Å². The SMILES string of the molecule is CC(C)(C)OC(=O)NCC(Nc1ccc2cnccc2c1)C(=O)c1ccccc1. The molecule has 2 N–H and O–H groups in total. The van der Waals surface area contributed by atoms with Crippen molar-refractivity contribution in [2.75, 3.05) is 11.9 Å². The summed E-state index contributed by atoms with van der Waals surface area (Å²) in [4.78, 5) is 29.2. The summed E-state index contributed by atoms with van der Waals surface area (Å²) in [5, 5.41) is 7.96. The first-order valence-corrected chi connectivity index (χ1v) is 9.48. The number of Topliss-reactive ketones (excluding diaryl/α,β-unsaturated/α-hetero) is 1. The largest absolute Gasteiger partial charge is 0.444 e. The van der Waals surface area contributed by atoms with Crippen molar-refractivity contribution in [1.29, 1.82) is 0 Å². The number of benzene rings is 2. The van der Waals surface area contributed by atoms with Gasteiger partial charge in [-0.2, -0.15) is 0 Å². The Labute approximate surface area is 170 Å². The molecule has 6 nitrogen and oxygen atoms in total. The van der Waals surface area contributed by atoms with E-state index < -0.39 is 17.7 Å². The number of aromatic nitrogens is 1. The van der Waals surface area contributed by atoms with Crippen LogP contribution in [0.2, 0.25) is 0 Å². The second kappa shape index (κ2) is 8.73. The molecule has 3 rings (SSSR count). The zero-order chi connectivity index (χ0) is 20.9. The molecule has 150 valence electrons. The molecule has 0 aliphatic rings. The number of fused-ring (bicyclic) bond motifs is 1. The Morgan fingerprint density at radius 3 is 2.52 bits per heavy atom. The number of rotatable bonds is 6. The monoisotopic (exact) mass is 391 g/mol. The van der Waals surface area contributed by atoms with Crippen LogP contribution in [-0.4, -0.2) is 35.0 Å². The number of pyridine rings is 1. The molecule has 1 heterocycles. The molecule has 1 aromatic heterocycles. The molecule has 1 amide bonds. The smallest absolute Gasteiger partial charge is 0.407 e. The van der Waals surface area contributed by atoms with Crippen LogP contribution in [0.25, 0.3) is 10.8 Å². The fourth-order valence-corrected chi connectivity index (χ4v) is 2.89. The van der Waals surface area contributed by atoms with Crippen molar-refractivity contribution in [2.24, 2.45) is 0 Å². The third-order valence-corrected chi connectivity index (χ3v) is 4.21. The lowest BCUT2D eigenvalue weighted by Gasteiger charge is -2.23. The zero-order valence-corrected chi connectivity index (χ0v) is 16.8. The van der Waals surface area contributed by atoms with Gasteiger partial charge in [-0.3, -0.25) is 9.78 Å².